The van der Waals surface area contributed by atoms with E-state index in [0.29, 0.717) is 19.4 Å². The van der Waals surface area contributed by atoms with E-state index in [1.54, 1.807) is 11.0 Å². The largest absolute Gasteiger partial charge is 0.352 e. The van der Waals surface area contributed by atoms with Gasteiger partial charge in [-0.1, -0.05) is 54.6 Å². The molecule has 3 rings (SSSR count). The number of carbonyl (C=O) groups is 2. The van der Waals surface area contributed by atoms with Crippen LogP contribution in [0.1, 0.15) is 12.8 Å². The van der Waals surface area contributed by atoms with E-state index in [4.69, 9.17) is 0 Å². The van der Waals surface area contributed by atoms with Crippen molar-refractivity contribution in [3.8, 4) is 0 Å². The monoisotopic (exact) mass is 360 g/mol. The highest BCUT2D eigenvalue weighted by molar-refractivity contribution is 6.03. The van der Waals surface area contributed by atoms with E-state index in [0.717, 1.165) is 11.4 Å². The van der Waals surface area contributed by atoms with Crippen LogP contribution >= 0.6 is 0 Å². The normalized spacial score (nSPS) is 18.5. The predicted octanol–water partition coefficient (Wildman–Crippen LogP) is 4.24. The minimum atomic E-state index is -0.403. The van der Waals surface area contributed by atoms with Gasteiger partial charge in [0.05, 0.1) is 11.8 Å². The Kier molecular flexibility index (Phi) is 6.21. The minimum Gasteiger partial charge on any atom is -0.352 e. The molecule has 0 heterocycles. The smallest absolute Gasteiger partial charge is 0.235 e. The summed E-state index contributed by atoms with van der Waals surface area (Å²) in [4.78, 5) is 27.9. The molecule has 0 saturated carbocycles. The molecule has 4 nitrogen and oxygen atoms in total. The zero-order valence-electron chi connectivity index (χ0n) is 15.3. The van der Waals surface area contributed by atoms with E-state index in [1.165, 1.54) is 0 Å². The number of nitrogens with one attached hydrogen (secondary N) is 1. The number of carbonyl (C=O) groups excluding carboxylic acids is 2. The lowest BCUT2D eigenvalue weighted by Gasteiger charge is -2.32. The van der Waals surface area contributed by atoms with Gasteiger partial charge in [0.25, 0.3) is 0 Å². The Hall–Kier alpha value is -3.14. The maximum absolute atomic E-state index is 13.6. The van der Waals surface area contributed by atoms with Crippen molar-refractivity contribution < 1.29 is 9.59 Å². The first-order chi connectivity index (χ1) is 13.2. The molecule has 0 radical (unpaired) electrons. The highest BCUT2D eigenvalue weighted by Crippen LogP contribution is 2.33. The second-order valence-electron chi connectivity index (χ2n) is 6.53. The fourth-order valence-electron chi connectivity index (χ4n) is 3.40. The Balaban J connectivity index is 1.94. The van der Waals surface area contributed by atoms with Crippen LogP contribution in [0.3, 0.4) is 0 Å². The van der Waals surface area contributed by atoms with Crippen molar-refractivity contribution >= 4 is 23.2 Å². The van der Waals surface area contributed by atoms with Gasteiger partial charge in [-0.2, -0.15) is 0 Å². The molecule has 2 aromatic rings. The summed E-state index contributed by atoms with van der Waals surface area (Å²) < 4.78 is 0. The molecule has 0 saturated heterocycles. The van der Waals surface area contributed by atoms with Gasteiger partial charge in [0.15, 0.2) is 0 Å². The van der Waals surface area contributed by atoms with Gasteiger partial charge in [0, 0.05) is 17.9 Å². The van der Waals surface area contributed by atoms with E-state index in [1.807, 2.05) is 72.8 Å². The molecule has 0 unspecified atom stereocenters. The number of rotatable bonds is 6. The van der Waals surface area contributed by atoms with Crippen molar-refractivity contribution in [3.05, 3.63) is 85.5 Å². The third kappa shape index (κ3) is 4.34. The van der Waals surface area contributed by atoms with Gasteiger partial charge >= 0.3 is 0 Å². The summed E-state index contributed by atoms with van der Waals surface area (Å²) in [5.41, 5.74) is 1.60. The molecule has 2 amide bonds. The van der Waals surface area contributed by atoms with E-state index < -0.39 is 5.92 Å². The first kappa shape index (κ1) is 18.6. The summed E-state index contributed by atoms with van der Waals surface area (Å²) in [7, 11) is 0. The van der Waals surface area contributed by atoms with Crippen LogP contribution in [-0.4, -0.2) is 18.4 Å². The number of hydrogen-bond acceptors (Lipinski definition) is 2. The van der Waals surface area contributed by atoms with Crippen LogP contribution in [-0.2, 0) is 9.59 Å². The molecule has 2 aromatic carbocycles. The molecule has 2 atom stereocenters. The third-order valence-electron chi connectivity index (χ3n) is 4.76. The van der Waals surface area contributed by atoms with E-state index in [9.17, 15) is 9.59 Å². The summed E-state index contributed by atoms with van der Waals surface area (Å²) in [6.45, 7) is 4.04. The molecular weight excluding hydrogens is 336 g/mol. The summed E-state index contributed by atoms with van der Waals surface area (Å²) in [6, 6.07) is 19.1. The molecular formula is C23H24N2O2. The fraction of sp³-hybridized carbons (Fsp3) is 0.217. The first-order valence-corrected chi connectivity index (χ1v) is 9.20. The molecule has 1 aliphatic carbocycles. The molecule has 138 valence electrons. The maximum Gasteiger partial charge on any atom is 0.235 e. The number of allylic oxidation sites excluding steroid dienone is 2. The molecule has 1 N–H and O–H groups in total. The SMILES string of the molecule is C=CCNC(=O)[C@H]1CC=CC[C@H]1C(=O)N(c1ccccc1)c1ccccc1. The highest BCUT2D eigenvalue weighted by atomic mass is 16.2. The molecule has 0 spiro atoms. The lowest BCUT2D eigenvalue weighted by Crippen LogP contribution is -2.43. The maximum atomic E-state index is 13.6. The highest BCUT2D eigenvalue weighted by Gasteiger charge is 2.37. The van der Waals surface area contributed by atoms with Gasteiger partial charge in [-0.3, -0.25) is 14.5 Å². The van der Waals surface area contributed by atoms with Crippen molar-refractivity contribution in [2.45, 2.75) is 12.8 Å². The topological polar surface area (TPSA) is 49.4 Å². The fourth-order valence-corrected chi connectivity index (χ4v) is 3.40. The van der Waals surface area contributed by atoms with Crippen molar-refractivity contribution in [2.24, 2.45) is 11.8 Å². The van der Waals surface area contributed by atoms with Crippen LogP contribution in [0.5, 0.6) is 0 Å². The average Bonchev–Trinajstić information content (AvgIpc) is 2.73. The van der Waals surface area contributed by atoms with Gasteiger partial charge in [0.2, 0.25) is 11.8 Å². The van der Waals surface area contributed by atoms with Crippen LogP contribution in [0.2, 0.25) is 0 Å². The van der Waals surface area contributed by atoms with Crippen molar-refractivity contribution in [1.82, 2.24) is 5.32 Å². The summed E-state index contributed by atoms with van der Waals surface area (Å²) in [5.74, 6) is -0.938. The number of anilines is 2. The molecule has 0 bridgehead atoms. The number of para-hydroxylation sites is 2. The van der Waals surface area contributed by atoms with E-state index in [2.05, 4.69) is 11.9 Å². The van der Waals surface area contributed by atoms with E-state index in [-0.39, 0.29) is 17.7 Å². The summed E-state index contributed by atoms with van der Waals surface area (Å²) in [5, 5.41) is 2.84. The Morgan fingerprint density at radius 1 is 0.926 bits per heavy atom. The molecule has 4 heteroatoms. The van der Waals surface area contributed by atoms with Crippen LogP contribution in [0.15, 0.2) is 85.5 Å². The standard InChI is InChI=1S/C23H24N2O2/c1-2-17-24-22(26)20-15-9-10-16-21(20)23(27)25(18-11-5-3-6-12-18)19-13-7-4-8-14-19/h2-14,20-21H,1,15-17H2,(H,24,26)/t20-,21+/m0/s1. The molecule has 0 aromatic heterocycles. The van der Waals surface area contributed by atoms with Gasteiger partial charge in [0.1, 0.15) is 0 Å². The third-order valence-corrected chi connectivity index (χ3v) is 4.76. The number of benzene rings is 2. The van der Waals surface area contributed by atoms with Crippen LogP contribution in [0.25, 0.3) is 0 Å². The van der Waals surface area contributed by atoms with Crippen molar-refractivity contribution in [3.63, 3.8) is 0 Å². The Morgan fingerprint density at radius 3 is 1.96 bits per heavy atom. The van der Waals surface area contributed by atoms with Crippen molar-refractivity contribution in [1.29, 1.82) is 0 Å². The predicted molar refractivity (Wildman–Crippen MR) is 109 cm³/mol. The van der Waals surface area contributed by atoms with Crippen molar-refractivity contribution in [2.75, 3.05) is 11.4 Å². The van der Waals surface area contributed by atoms with Crippen LogP contribution in [0, 0.1) is 11.8 Å². The number of nitrogens with zero attached hydrogens (tertiary/aromatic N) is 1. The lowest BCUT2D eigenvalue weighted by atomic mass is 9.81. The number of amides is 2. The van der Waals surface area contributed by atoms with Gasteiger partial charge in [-0.05, 0) is 37.1 Å². The molecule has 1 aliphatic rings. The zero-order valence-corrected chi connectivity index (χ0v) is 15.3. The quantitative estimate of drug-likeness (QED) is 0.784. The Bertz CT molecular complexity index is 775. The molecule has 0 aliphatic heterocycles. The Labute approximate surface area is 160 Å². The lowest BCUT2D eigenvalue weighted by molar-refractivity contribution is -0.133. The van der Waals surface area contributed by atoms with E-state index >= 15 is 0 Å². The summed E-state index contributed by atoms with van der Waals surface area (Å²) >= 11 is 0. The number of hydrogen-bond donors (Lipinski definition) is 1. The molecule has 27 heavy (non-hydrogen) atoms. The van der Waals surface area contributed by atoms with Gasteiger partial charge in [-0.25, -0.2) is 0 Å². The summed E-state index contributed by atoms with van der Waals surface area (Å²) in [6.07, 6.45) is 6.75. The second kappa shape index (κ2) is 8.99. The Morgan fingerprint density at radius 2 is 1.44 bits per heavy atom. The second-order valence-corrected chi connectivity index (χ2v) is 6.53. The molecule has 0 fully saturated rings. The van der Waals surface area contributed by atoms with Gasteiger partial charge in [-0.15, -0.1) is 6.58 Å². The van der Waals surface area contributed by atoms with Crippen LogP contribution in [0.4, 0.5) is 11.4 Å². The first-order valence-electron chi connectivity index (χ1n) is 9.20. The zero-order chi connectivity index (χ0) is 19.1. The van der Waals surface area contributed by atoms with Crippen LogP contribution < -0.4 is 10.2 Å². The average molecular weight is 360 g/mol. The minimum absolute atomic E-state index is 0.0597. The van der Waals surface area contributed by atoms with Gasteiger partial charge < -0.3 is 5.32 Å².